The fourth-order valence-corrected chi connectivity index (χ4v) is 3.81. The molecular weight excluding hydrogens is 148 g/mol. The SMILES string of the molecule is C=C1[C@@H]2C[C@H]3C[C@@H](C2)[C@H](C3)[C@@H]1O. The highest BCUT2D eigenvalue weighted by Crippen LogP contribution is 2.56. The second kappa shape index (κ2) is 2.14. The summed E-state index contributed by atoms with van der Waals surface area (Å²) in [4.78, 5) is 0. The first-order valence-electron chi connectivity index (χ1n) is 5.12. The molecule has 3 bridgehead atoms. The number of aliphatic hydroxyl groups is 1. The smallest absolute Gasteiger partial charge is 0.0781 e. The third kappa shape index (κ3) is 0.731. The van der Waals surface area contributed by atoms with Gasteiger partial charge in [-0.15, -0.1) is 0 Å². The zero-order valence-electron chi connectivity index (χ0n) is 7.37. The van der Waals surface area contributed by atoms with E-state index in [2.05, 4.69) is 6.58 Å². The first-order valence-corrected chi connectivity index (χ1v) is 5.12. The molecule has 0 aromatic carbocycles. The van der Waals surface area contributed by atoms with Crippen molar-refractivity contribution in [2.24, 2.45) is 23.7 Å². The Kier molecular flexibility index (Phi) is 1.27. The molecular formula is C11H16O. The Balaban J connectivity index is 2.01. The summed E-state index contributed by atoms with van der Waals surface area (Å²) in [6.07, 6.45) is 5.17. The molecule has 0 radical (unpaired) electrons. The minimum Gasteiger partial charge on any atom is -0.388 e. The normalized spacial score (nSPS) is 56.4. The minimum atomic E-state index is -0.152. The molecule has 3 fully saturated rings. The maximum atomic E-state index is 9.95. The van der Waals surface area contributed by atoms with Gasteiger partial charge in [0.1, 0.15) is 0 Å². The highest BCUT2D eigenvalue weighted by molar-refractivity contribution is 5.19. The molecule has 0 heterocycles. The third-order valence-electron chi connectivity index (χ3n) is 4.36. The second-order valence-electron chi connectivity index (χ2n) is 4.95. The van der Waals surface area contributed by atoms with Crippen LogP contribution in [-0.2, 0) is 0 Å². The standard InChI is InChI=1S/C11H16O/c1-6-8-2-7-3-9(5-8)10(4-7)11(6)12/h7-12H,1-5H2/t7-,8+,9-,10-,11+/m0/s1. The average Bonchev–Trinajstić information content (AvgIpc) is 2.33. The first-order chi connectivity index (χ1) is 5.75. The van der Waals surface area contributed by atoms with E-state index in [1.807, 2.05) is 0 Å². The predicted molar refractivity (Wildman–Crippen MR) is 47.6 cm³/mol. The fourth-order valence-electron chi connectivity index (χ4n) is 3.81. The topological polar surface area (TPSA) is 20.2 Å². The lowest BCUT2D eigenvalue weighted by Gasteiger charge is -2.38. The summed E-state index contributed by atoms with van der Waals surface area (Å²) >= 11 is 0. The second-order valence-corrected chi connectivity index (χ2v) is 4.95. The molecule has 5 atom stereocenters. The fraction of sp³-hybridized carbons (Fsp3) is 0.818. The zero-order chi connectivity index (χ0) is 8.29. The van der Waals surface area contributed by atoms with Crippen LogP contribution in [0.5, 0.6) is 0 Å². The van der Waals surface area contributed by atoms with Crippen molar-refractivity contribution in [2.75, 3.05) is 0 Å². The van der Waals surface area contributed by atoms with E-state index in [-0.39, 0.29) is 6.10 Å². The van der Waals surface area contributed by atoms with Crippen molar-refractivity contribution in [2.45, 2.75) is 31.8 Å². The molecule has 1 nitrogen and oxygen atoms in total. The molecule has 0 aromatic heterocycles. The largest absolute Gasteiger partial charge is 0.388 e. The molecule has 0 unspecified atom stereocenters. The summed E-state index contributed by atoms with van der Waals surface area (Å²) in [7, 11) is 0. The van der Waals surface area contributed by atoms with Gasteiger partial charge in [0.2, 0.25) is 0 Å². The Morgan fingerprint density at radius 3 is 2.83 bits per heavy atom. The predicted octanol–water partition coefficient (Wildman–Crippen LogP) is 1.97. The number of fused-ring (bicyclic) bond motifs is 2. The van der Waals surface area contributed by atoms with Gasteiger partial charge >= 0.3 is 0 Å². The summed E-state index contributed by atoms with van der Waals surface area (Å²) < 4.78 is 0. The summed E-state index contributed by atoms with van der Waals surface area (Å²) in [5, 5.41) is 9.95. The molecule has 66 valence electrons. The van der Waals surface area contributed by atoms with Gasteiger partial charge in [-0.25, -0.2) is 0 Å². The van der Waals surface area contributed by atoms with Gasteiger partial charge in [0.05, 0.1) is 6.10 Å². The minimum absolute atomic E-state index is 0.152. The summed E-state index contributed by atoms with van der Waals surface area (Å²) in [6, 6.07) is 0. The van der Waals surface area contributed by atoms with Gasteiger partial charge < -0.3 is 5.11 Å². The van der Waals surface area contributed by atoms with Crippen LogP contribution in [0.3, 0.4) is 0 Å². The monoisotopic (exact) mass is 164 g/mol. The molecule has 3 aliphatic carbocycles. The van der Waals surface area contributed by atoms with Crippen molar-refractivity contribution < 1.29 is 5.11 Å². The van der Waals surface area contributed by atoms with Gasteiger partial charge in [0.25, 0.3) is 0 Å². The lowest BCUT2D eigenvalue weighted by molar-refractivity contribution is 0.0720. The number of aliphatic hydroxyl groups excluding tert-OH is 1. The van der Waals surface area contributed by atoms with E-state index in [4.69, 9.17) is 0 Å². The molecule has 0 aromatic rings. The van der Waals surface area contributed by atoms with Crippen LogP contribution in [0.4, 0.5) is 0 Å². The van der Waals surface area contributed by atoms with Crippen LogP contribution >= 0.6 is 0 Å². The van der Waals surface area contributed by atoms with Crippen molar-refractivity contribution in [1.82, 2.24) is 0 Å². The van der Waals surface area contributed by atoms with E-state index in [1.165, 1.54) is 25.7 Å². The third-order valence-corrected chi connectivity index (χ3v) is 4.36. The zero-order valence-corrected chi connectivity index (χ0v) is 7.37. The molecule has 3 saturated carbocycles. The van der Waals surface area contributed by atoms with Gasteiger partial charge in [0.15, 0.2) is 0 Å². The molecule has 12 heavy (non-hydrogen) atoms. The van der Waals surface area contributed by atoms with E-state index in [0.717, 1.165) is 17.4 Å². The Morgan fingerprint density at radius 2 is 2.00 bits per heavy atom. The van der Waals surface area contributed by atoms with Crippen LogP contribution in [0.25, 0.3) is 0 Å². The highest BCUT2D eigenvalue weighted by Gasteiger charge is 2.49. The van der Waals surface area contributed by atoms with Crippen molar-refractivity contribution in [1.29, 1.82) is 0 Å². The van der Waals surface area contributed by atoms with E-state index < -0.39 is 0 Å². The Bertz CT molecular complexity index is 227. The van der Waals surface area contributed by atoms with Gasteiger partial charge in [-0.2, -0.15) is 0 Å². The van der Waals surface area contributed by atoms with Crippen LogP contribution < -0.4 is 0 Å². The summed E-state index contributed by atoms with van der Waals surface area (Å²) in [5.41, 5.74) is 1.15. The quantitative estimate of drug-likeness (QED) is 0.543. The van der Waals surface area contributed by atoms with Gasteiger partial charge in [-0.05, 0) is 54.9 Å². The molecule has 1 N–H and O–H groups in total. The number of hydrogen-bond donors (Lipinski definition) is 1. The van der Waals surface area contributed by atoms with Crippen LogP contribution in [0.1, 0.15) is 25.7 Å². The van der Waals surface area contributed by atoms with Crippen LogP contribution in [0.15, 0.2) is 12.2 Å². The van der Waals surface area contributed by atoms with E-state index in [1.54, 1.807) is 0 Å². The number of rotatable bonds is 0. The molecule has 0 amide bonds. The molecule has 0 spiro atoms. The van der Waals surface area contributed by atoms with Crippen LogP contribution in [-0.4, -0.2) is 11.2 Å². The van der Waals surface area contributed by atoms with Crippen molar-refractivity contribution in [3.05, 3.63) is 12.2 Å². The van der Waals surface area contributed by atoms with E-state index in [9.17, 15) is 5.11 Å². The van der Waals surface area contributed by atoms with Gasteiger partial charge in [-0.3, -0.25) is 0 Å². The van der Waals surface area contributed by atoms with Gasteiger partial charge in [-0.1, -0.05) is 6.58 Å². The maximum Gasteiger partial charge on any atom is 0.0781 e. The maximum absolute atomic E-state index is 9.95. The van der Waals surface area contributed by atoms with Crippen molar-refractivity contribution in [3.8, 4) is 0 Å². The van der Waals surface area contributed by atoms with Crippen molar-refractivity contribution >= 4 is 0 Å². The number of hydrogen-bond acceptors (Lipinski definition) is 1. The Labute approximate surface area is 73.5 Å². The summed E-state index contributed by atoms with van der Waals surface area (Å²) in [5.74, 6) is 3.02. The van der Waals surface area contributed by atoms with E-state index >= 15 is 0 Å². The van der Waals surface area contributed by atoms with Crippen LogP contribution in [0, 0.1) is 23.7 Å². The molecule has 1 heteroatoms. The van der Waals surface area contributed by atoms with E-state index in [0.29, 0.717) is 11.8 Å². The Morgan fingerprint density at radius 1 is 1.17 bits per heavy atom. The van der Waals surface area contributed by atoms with Gasteiger partial charge in [0, 0.05) is 0 Å². The first kappa shape index (κ1) is 7.14. The lowest BCUT2D eigenvalue weighted by atomic mass is 9.69. The molecule has 0 saturated heterocycles. The average molecular weight is 164 g/mol. The molecule has 0 aliphatic heterocycles. The molecule has 3 aliphatic rings. The Hall–Kier alpha value is -0.300. The van der Waals surface area contributed by atoms with Crippen LogP contribution in [0.2, 0.25) is 0 Å². The summed E-state index contributed by atoms with van der Waals surface area (Å²) in [6.45, 7) is 4.04. The lowest BCUT2D eigenvalue weighted by Crippen LogP contribution is -2.35. The highest BCUT2D eigenvalue weighted by atomic mass is 16.3. The molecule has 3 rings (SSSR count). The van der Waals surface area contributed by atoms with Crippen molar-refractivity contribution in [3.63, 3.8) is 0 Å².